The quantitative estimate of drug-likeness (QED) is 0.262. The minimum Gasteiger partial charge on any atom is -0.497 e. The first-order chi connectivity index (χ1) is 13.7. The van der Waals surface area contributed by atoms with E-state index < -0.39 is 16.6 Å². The van der Waals surface area contributed by atoms with Crippen LogP contribution >= 0.6 is 24.0 Å². The van der Waals surface area contributed by atoms with Gasteiger partial charge in [-0.2, -0.15) is 8.78 Å². The second-order valence-electron chi connectivity index (χ2n) is 5.82. The van der Waals surface area contributed by atoms with E-state index in [1.165, 1.54) is 38.4 Å². The second kappa shape index (κ2) is 11.9. The largest absolute Gasteiger partial charge is 0.497 e. The van der Waals surface area contributed by atoms with Crippen molar-refractivity contribution in [3.8, 4) is 11.5 Å². The van der Waals surface area contributed by atoms with E-state index in [0.717, 1.165) is 0 Å². The fourth-order valence-electron chi connectivity index (χ4n) is 2.45. The molecule has 0 bridgehead atoms. The van der Waals surface area contributed by atoms with E-state index in [0.29, 0.717) is 22.8 Å². The number of benzene rings is 2. The number of aliphatic imine (C=N–C) groups is 1. The van der Waals surface area contributed by atoms with Gasteiger partial charge in [-0.3, -0.25) is 4.99 Å². The molecule has 0 heterocycles. The number of hydrogen-bond acceptors (Lipinski definition) is 5. The molecule has 0 fully saturated rings. The SMILES string of the molecule is CN=C(NCc1cccc(S(N)(=O)=O)c1)NCc1cc(OC)ccc1OC(F)F.I. The van der Waals surface area contributed by atoms with Crippen LogP contribution in [0.25, 0.3) is 0 Å². The van der Waals surface area contributed by atoms with Crippen molar-refractivity contribution in [2.75, 3.05) is 14.2 Å². The molecular weight excluding hydrogens is 533 g/mol. The van der Waals surface area contributed by atoms with Gasteiger partial charge < -0.3 is 20.1 Å². The summed E-state index contributed by atoms with van der Waals surface area (Å²) in [5, 5.41) is 11.1. The molecule has 0 radical (unpaired) electrons. The Bertz CT molecular complexity index is 974. The van der Waals surface area contributed by atoms with Crippen LogP contribution in [-0.4, -0.2) is 35.1 Å². The summed E-state index contributed by atoms with van der Waals surface area (Å²) in [6, 6.07) is 10.7. The van der Waals surface area contributed by atoms with Crippen molar-refractivity contribution in [2.24, 2.45) is 10.1 Å². The normalized spacial score (nSPS) is 11.6. The Morgan fingerprint density at radius 2 is 1.87 bits per heavy atom. The van der Waals surface area contributed by atoms with Gasteiger partial charge in [0.15, 0.2) is 5.96 Å². The van der Waals surface area contributed by atoms with E-state index in [4.69, 9.17) is 9.88 Å². The minimum atomic E-state index is -3.80. The highest BCUT2D eigenvalue weighted by molar-refractivity contribution is 14.0. The van der Waals surface area contributed by atoms with Gasteiger partial charge in [0.25, 0.3) is 0 Å². The van der Waals surface area contributed by atoms with E-state index in [1.807, 2.05) is 0 Å². The molecule has 0 aromatic heterocycles. The summed E-state index contributed by atoms with van der Waals surface area (Å²) in [6.45, 7) is -2.55. The van der Waals surface area contributed by atoms with Crippen LogP contribution in [0.5, 0.6) is 11.5 Å². The Balaban J connectivity index is 0.00000450. The Labute approximate surface area is 190 Å². The molecule has 2 rings (SSSR count). The lowest BCUT2D eigenvalue weighted by Crippen LogP contribution is -2.36. The number of hydrogen-bond donors (Lipinski definition) is 3. The highest BCUT2D eigenvalue weighted by Crippen LogP contribution is 2.25. The fourth-order valence-corrected chi connectivity index (χ4v) is 3.03. The van der Waals surface area contributed by atoms with Crippen LogP contribution in [0, 0.1) is 0 Å². The summed E-state index contributed by atoms with van der Waals surface area (Å²) in [7, 11) is -0.789. The monoisotopic (exact) mass is 556 g/mol. The summed E-state index contributed by atoms with van der Waals surface area (Å²) in [6.07, 6.45) is 0. The molecule has 0 atom stereocenters. The number of primary sulfonamides is 1. The van der Waals surface area contributed by atoms with Crippen LogP contribution in [0.4, 0.5) is 8.78 Å². The van der Waals surface area contributed by atoms with Gasteiger partial charge in [-0.25, -0.2) is 13.6 Å². The minimum absolute atomic E-state index is 0. The number of nitrogens with zero attached hydrogens (tertiary/aromatic N) is 1. The van der Waals surface area contributed by atoms with Gasteiger partial charge in [0.1, 0.15) is 11.5 Å². The van der Waals surface area contributed by atoms with Crippen molar-refractivity contribution in [1.29, 1.82) is 0 Å². The highest BCUT2D eigenvalue weighted by Gasteiger charge is 2.12. The Morgan fingerprint density at radius 3 is 2.47 bits per heavy atom. The van der Waals surface area contributed by atoms with E-state index in [9.17, 15) is 17.2 Å². The molecule has 2 aromatic carbocycles. The molecule has 0 aliphatic heterocycles. The van der Waals surface area contributed by atoms with Crippen molar-refractivity contribution >= 4 is 40.0 Å². The third-order valence-corrected chi connectivity index (χ3v) is 4.75. The summed E-state index contributed by atoms with van der Waals surface area (Å²) in [5.41, 5.74) is 1.12. The van der Waals surface area contributed by atoms with Crippen LogP contribution in [0.3, 0.4) is 0 Å². The molecule has 0 unspecified atom stereocenters. The van der Waals surface area contributed by atoms with Crippen molar-refractivity contribution in [2.45, 2.75) is 24.6 Å². The summed E-state index contributed by atoms with van der Waals surface area (Å²) >= 11 is 0. The third kappa shape index (κ3) is 7.91. The van der Waals surface area contributed by atoms with E-state index in [1.54, 1.807) is 18.2 Å². The molecule has 0 saturated carbocycles. The predicted octanol–water partition coefficient (Wildman–Crippen LogP) is 2.43. The summed E-state index contributed by atoms with van der Waals surface area (Å²) in [5.74, 6) is 0.882. The topological polar surface area (TPSA) is 115 Å². The lowest BCUT2D eigenvalue weighted by atomic mass is 10.2. The van der Waals surface area contributed by atoms with Gasteiger partial charge in [-0.1, -0.05) is 12.1 Å². The molecule has 0 aliphatic carbocycles. The highest BCUT2D eigenvalue weighted by atomic mass is 127. The first-order valence-corrected chi connectivity index (χ1v) is 9.95. The van der Waals surface area contributed by atoms with Crippen molar-refractivity contribution < 1.29 is 26.7 Å². The number of alkyl halides is 2. The lowest BCUT2D eigenvalue weighted by Gasteiger charge is -2.15. The molecule has 0 saturated heterocycles. The first kappa shape index (κ1) is 25.8. The molecule has 0 amide bonds. The number of guanidine groups is 1. The molecule has 30 heavy (non-hydrogen) atoms. The Morgan fingerprint density at radius 1 is 1.17 bits per heavy atom. The molecule has 4 N–H and O–H groups in total. The van der Waals surface area contributed by atoms with Gasteiger partial charge in [-0.05, 0) is 35.9 Å². The van der Waals surface area contributed by atoms with Gasteiger partial charge in [-0.15, -0.1) is 24.0 Å². The molecule has 0 spiro atoms. The van der Waals surface area contributed by atoms with Crippen LogP contribution in [0.2, 0.25) is 0 Å². The van der Waals surface area contributed by atoms with Crippen LogP contribution in [0.15, 0.2) is 52.4 Å². The van der Waals surface area contributed by atoms with E-state index in [2.05, 4.69) is 20.4 Å². The Kier molecular flexibility index (Phi) is 10.2. The van der Waals surface area contributed by atoms with E-state index >= 15 is 0 Å². The summed E-state index contributed by atoms with van der Waals surface area (Å²) < 4.78 is 57.8. The van der Waals surface area contributed by atoms with Gasteiger partial charge in [0, 0.05) is 25.7 Å². The second-order valence-corrected chi connectivity index (χ2v) is 7.39. The van der Waals surface area contributed by atoms with Crippen LogP contribution in [0.1, 0.15) is 11.1 Å². The Hall–Kier alpha value is -2.19. The molecule has 8 nitrogen and oxygen atoms in total. The zero-order chi connectivity index (χ0) is 21.4. The van der Waals surface area contributed by atoms with E-state index in [-0.39, 0.29) is 47.7 Å². The predicted molar refractivity (Wildman–Crippen MR) is 120 cm³/mol. The van der Waals surface area contributed by atoms with Gasteiger partial charge >= 0.3 is 6.61 Å². The number of halogens is 3. The molecule has 12 heteroatoms. The number of nitrogens with two attached hydrogens (primary N) is 1. The van der Waals surface area contributed by atoms with Gasteiger partial charge in [0.05, 0.1) is 12.0 Å². The van der Waals surface area contributed by atoms with Crippen LogP contribution < -0.4 is 25.2 Å². The van der Waals surface area contributed by atoms with Crippen molar-refractivity contribution in [3.63, 3.8) is 0 Å². The first-order valence-electron chi connectivity index (χ1n) is 8.41. The van der Waals surface area contributed by atoms with Crippen molar-refractivity contribution in [1.82, 2.24) is 10.6 Å². The molecule has 166 valence electrons. The number of methoxy groups -OCH3 is 1. The number of ether oxygens (including phenoxy) is 2. The standard InChI is InChI=1S/C18H22F2N4O4S.HI/c1-22-18(23-10-12-4-3-5-15(8-12)29(21,25)26)24-11-13-9-14(27-2)6-7-16(13)28-17(19)20;/h3-9,17H,10-11H2,1-2H3,(H2,21,25,26)(H2,22,23,24);1H. The average molecular weight is 556 g/mol. The third-order valence-electron chi connectivity index (χ3n) is 3.84. The van der Waals surface area contributed by atoms with Crippen molar-refractivity contribution in [3.05, 3.63) is 53.6 Å². The number of rotatable bonds is 8. The average Bonchev–Trinajstić information content (AvgIpc) is 2.68. The maximum Gasteiger partial charge on any atom is 0.387 e. The molecule has 2 aromatic rings. The maximum absolute atomic E-state index is 12.6. The fraction of sp³-hybridized carbons (Fsp3) is 0.278. The summed E-state index contributed by atoms with van der Waals surface area (Å²) in [4.78, 5) is 4.06. The zero-order valence-corrected chi connectivity index (χ0v) is 19.4. The molecule has 0 aliphatic rings. The lowest BCUT2D eigenvalue weighted by molar-refractivity contribution is -0.0505. The zero-order valence-electron chi connectivity index (χ0n) is 16.3. The van der Waals surface area contributed by atoms with Crippen LogP contribution in [-0.2, 0) is 23.1 Å². The maximum atomic E-state index is 12.6. The smallest absolute Gasteiger partial charge is 0.387 e. The number of nitrogens with one attached hydrogen (secondary N) is 2. The van der Waals surface area contributed by atoms with Gasteiger partial charge in [0.2, 0.25) is 10.0 Å². The molecular formula is C18H23F2IN4O4S. The number of sulfonamides is 1.